The van der Waals surface area contributed by atoms with Crippen molar-refractivity contribution in [2.24, 2.45) is 7.05 Å². The Bertz CT molecular complexity index is 1470. The summed E-state index contributed by atoms with van der Waals surface area (Å²) in [5.74, 6) is 0.679. The Morgan fingerprint density at radius 2 is 2.06 bits per heavy atom. The third kappa shape index (κ3) is 4.25. The molecule has 176 valence electrons. The van der Waals surface area contributed by atoms with Crippen LogP contribution >= 0.6 is 0 Å². The van der Waals surface area contributed by atoms with E-state index in [2.05, 4.69) is 21.5 Å². The van der Waals surface area contributed by atoms with Crippen molar-refractivity contribution < 1.29 is 14.3 Å². The van der Waals surface area contributed by atoms with E-state index in [1.807, 2.05) is 16.8 Å². The highest BCUT2D eigenvalue weighted by Gasteiger charge is 2.27. The molecule has 1 aromatic carbocycles. The molecule has 0 fully saturated rings. The molecule has 0 saturated heterocycles. The van der Waals surface area contributed by atoms with E-state index in [1.165, 1.54) is 24.4 Å². The molecule has 1 aliphatic rings. The highest BCUT2D eigenvalue weighted by Crippen LogP contribution is 2.30. The maximum absolute atomic E-state index is 13.8. The Kier molecular flexibility index (Phi) is 5.76. The molecule has 0 unspecified atom stereocenters. The minimum Gasteiger partial charge on any atom is -0.392 e. The summed E-state index contributed by atoms with van der Waals surface area (Å²) in [7, 11) is 1.81. The van der Waals surface area contributed by atoms with Crippen molar-refractivity contribution >= 4 is 17.5 Å². The zero-order valence-corrected chi connectivity index (χ0v) is 18.9. The fourth-order valence-electron chi connectivity index (χ4n) is 4.25. The fourth-order valence-corrected chi connectivity index (χ4v) is 4.25. The molecule has 0 aliphatic carbocycles. The SMILES string of the molecule is Cn1nccc1Nc1cc(-c2cc3n(c2)CCN(Cc2cc(F)ccc2CO)C3=O)c(C#N)cn1. The van der Waals surface area contributed by atoms with E-state index in [9.17, 15) is 19.6 Å². The van der Waals surface area contributed by atoms with Gasteiger partial charge >= 0.3 is 0 Å². The number of aliphatic hydroxyl groups excluding tert-OH is 1. The van der Waals surface area contributed by atoms with Gasteiger partial charge < -0.3 is 19.9 Å². The molecule has 4 aromatic rings. The summed E-state index contributed by atoms with van der Waals surface area (Å²) in [6.07, 6.45) is 5.02. The van der Waals surface area contributed by atoms with Gasteiger partial charge in [0.05, 0.1) is 18.4 Å². The summed E-state index contributed by atoms with van der Waals surface area (Å²) >= 11 is 0. The van der Waals surface area contributed by atoms with Crippen LogP contribution in [0.15, 0.2) is 55.0 Å². The zero-order valence-electron chi connectivity index (χ0n) is 18.9. The van der Waals surface area contributed by atoms with E-state index in [-0.39, 0.29) is 19.1 Å². The molecule has 1 amide bonds. The second-order valence-corrected chi connectivity index (χ2v) is 8.30. The highest BCUT2D eigenvalue weighted by molar-refractivity contribution is 5.95. The van der Waals surface area contributed by atoms with Gasteiger partial charge in [0.25, 0.3) is 5.91 Å². The quantitative estimate of drug-likeness (QED) is 0.447. The minimum absolute atomic E-state index is 0.198. The average molecular weight is 471 g/mol. The van der Waals surface area contributed by atoms with Gasteiger partial charge in [-0.25, -0.2) is 9.37 Å². The van der Waals surface area contributed by atoms with Gasteiger partial charge in [-0.15, -0.1) is 0 Å². The number of rotatable bonds is 6. The zero-order chi connectivity index (χ0) is 24.5. The van der Waals surface area contributed by atoms with Crippen LogP contribution in [-0.2, 0) is 26.7 Å². The number of nitrogens with zero attached hydrogens (tertiary/aromatic N) is 6. The number of halogens is 1. The van der Waals surface area contributed by atoms with Crippen LogP contribution in [0.1, 0.15) is 27.2 Å². The number of pyridine rings is 1. The Morgan fingerprint density at radius 1 is 1.20 bits per heavy atom. The van der Waals surface area contributed by atoms with Crippen molar-refractivity contribution in [1.82, 2.24) is 24.2 Å². The standard InChI is InChI=1S/C25H22FN7O2/c1-31-24(4-5-29-31)30-23-10-21(19(11-27)12-28-23)18-9-22-25(35)33(7-6-32(22)14-18)13-17-8-20(26)3-2-16(17)15-34/h2-5,8-10,12,14,34H,6-7,13,15H2,1H3,(H,28,30). The fraction of sp³-hybridized carbons (Fsp3) is 0.200. The Morgan fingerprint density at radius 3 is 2.80 bits per heavy atom. The molecular formula is C25H22FN7O2. The molecule has 3 aromatic heterocycles. The van der Waals surface area contributed by atoms with Gasteiger partial charge in [0.2, 0.25) is 0 Å². The number of carbonyl (C=O) groups excluding carboxylic acids is 1. The second-order valence-electron chi connectivity index (χ2n) is 8.30. The van der Waals surface area contributed by atoms with Crippen molar-refractivity contribution in [3.05, 3.63) is 83.2 Å². The van der Waals surface area contributed by atoms with Crippen molar-refractivity contribution in [1.29, 1.82) is 5.26 Å². The van der Waals surface area contributed by atoms with Crippen LogP contribution in [0.25, 0.3) is 11.1 Å². The van der Waals surface area contributed by atoms with E-state index in [4.69, 9.17) is 0 Å². The van der Waals surface area contributed by atoms with Crippen LogP contribution in [0, 0.1) is 17.1 Å². The first-order valence-corrected chi connectivity index (χ1v) is 11.0. The topological polar surface area (TPSA) is 112 Å². The summed E-state index contributed by atoms with van der Waals surface area (Å²) < 4.78 is 17.3. The van der Waals surface area contributed by atoms with Crippen LogP contribution in [0.3, 0.4) is 0 Å². The van der Waals surface area contributed by atoms with E-state index >= 15 is 0 Å². The maximum Gasteiger partial charge on any atom is 0.270 e. The predicted molar refractivity (Wildman–Crippen MR) is 126 cm³/mol. The van der Waals surface area contributed by atoms with E-state index in [1.54, 1.807) is 35.0 Å². The largest absolute Gasteiger partial charge is 0.392 e. The maximum atomic E-state index is 13.8. The number of aromatic nitrogens is 4. The monoisotopic (exact) mass is 471 g/mol. The van der Waals surface area contributed by atoms with Gasteiger partial charge in [-0.1, -0.05) is 6.07 Å². The molecule has 9 nitrogen and oxygen atoms in total. The van der Waals surface area contributed by atoms with Crippen LogP contribution in [0.5, 0.6) is 0 Å². The molecule has 5 rings (SSSR count). The number of nitrogens with one attached hydrogen (secondary N) is 1. The predicted octanol–water partition coefficient (Wildman–Crippen LogP) is 3.19. The molecule has 0 atom stereocenters. The first kappa shape index (κ1) is 22.3. The first-order valence-electron chi connectivity index (χ1n) is 11.0. The molecule has 1 aliphatic heterocycles. The number of benzene rings is 1. The first-order chi connectivity index (χ1) is 17.0. The summed E-state index contributed by atoms with van der Waals surface area (Å²) in [5, 5.41) is 26.5. The molecule has 35 heavy (non-hydrogen) atoms. The second kappa shape index (κ2) is 9.04. The third-order valence-corrected chi connectivity index (χ3v) is 6.13. The van der Waals surface area contributed by atoms with E-state index in [0.29, 0.717) is 46.9 Å². The molecule has 10 heteroatoms. The molecular weight excluding hydrogens is 449 g/mol. The van der Waals surface area contributed by atoms with Crippen LogP contribution < -0.4 is 5.32 Å². The molecule has 2 N–H and O–H groups in total. The minimum atomic E-state index is -0.412. The molecule has 0 radical (unpaired) electrons. The number of amides is 1. The van der Waals surface area contributed by atoms with Crippen molar-refractivity contribution in [3.8, 4) is 17.2 Å². The number of hydrogen-bond donors (Lipinski definition) is 2. The van der Waals surface area contributed by atoms with Crippen molar-refractivity contribution in [2.45, 2.75) is 19.7 Å². The lowest BCUT2D eigenvalue weighted by Gasteiger charge is -2.29. The van der Waals surface area contributed by atoms with Gasteiger partial charge in [-0.2, -0.15) is 10.4 Å². The molecule has 0 saturated carbocycles. The van der Waals surface area contributed by atoms with Crippen LogP contribution in [0.4, 0.5) is 16.0 Å². The Hall–Kier alpha value is -4.49. The lowest BCUT2D eigenvalue weighted by molar-refractivity contribution is 0.0689. The van der Waals surface area contributed by atoms with E-state index in [0.717, 1.165) is 11.4 Å². The third-order valence-electron chi connectivity index (χ3n) is 6.13. The van der Waals surface area contributed by atoms with Gasteiger partial charge in [0, 0.05) is 56.3 Å². The highest BCUT2D eigenvalue weighted by atomic mass is 19.1. The Balaban J connectivity index is 1.44. The van der Waals surface area contributed by atoms with Gasteiger partial charge in [-0.3, -0.25) is 9.48 Å². The smallest absolute Gasteiger partial charge is 0.270 e. The van der Waals surface area contributed by atoms with Crippen molar-refractivity contribution in [3.63, 3.8) is 0 Å². The van der Waals surface area contributed by atoms with Crippen LogP contribution in [0.2, 0.25) is 0 Å². The summed E-state index contributed by atoms with van der Waals surface area (Å²) in [6.45, 7) is 0.963. The average Bonchev–Trinajstić information content (AvgIpc) is 3.47. The van der Waals surface area contributed by atoms with Crippen molar-refractivity contribution in [2.75, 3.05) is 11.9 Å². The number of anilines is 2. The van der Waals surface area contributed by atoms with Gasteiger partial charge in [-0.05, 0) is 35.4 Å². The van der Waals surface area contributed by atoms with E-state index < -0.39 is 5.82 Å². The number of hydrogen-bond acceptors (Lipinski definition) is 6. The molecule has 0 spiro atoms. The normalized spacial score (nSPS) is 13.0. The lowest BCUT2D eigenvalue weighted by Crippen LogP contribution is -2.39. The van der Waals surface area contributed by atoms with Gasteiger partial charge in [0.1, 0.15) is 29.2 Å². The number of fused-ring (bicyclic) bond motifs is 1. The number of nitriles is 1. The number of aliphatic hydroxyl groups is 1. The molecule has 0 bridgehead atoms. The summed E-state index contributed by atoms with van der Waals surface area (Å²) in [4.78, 5) is 19.2. The lowest BCUT2D eigenvalue weighted by atomic mass is 10.0. The summed E-state index contributed by atoms with van der Waals surface area (Å²) in [5.41, 5.74) is 3.41. The summed E-state index contributed by atoms with van der Waals surface area (Å²) in [6, 6.07) is 11.7. The number of carbonyl (C=O) groups is 1. The molecule has 4 heterocycles. The van der Waals surface area contributed by atoms with Crippen LogP contribution in [-0.4, -0.2) is 41.8 Å². The number of aryl methyl sites for hydroxylation is 1. The Labute approximate surface area is 200 Å². The van der Waals surface area contributed by atoms with Gasteiger partial charge in [0.15, 0.2) is 0 Å².